The number of halogens is 3. The Bertz CT molecular complexity index is 315. The molecular formula is C8H7F3O2. The third-order valence-electron chi connectivity index (χ3n) is 1.56. The Morgan fingerprint density at radius 3 is 2.46 bits per heavy atom. The van der Waals surface area contributed by atoms with E-state index in [1.54, 1.807) is 0 Å². The average molecular weight is 192 g/mol. The van der Waals surface area contributed by atoms with E-state index in [2.05, 4.69) is 0 Å². The van der Waals surface area contributed by atoms with Crippen LogP contribution in [0.25, 0.3) is 0 Å². The van der Waals surface area contributed by atoms with Crippen molar-refractivity contribution in [2.75, 3.05) is 6.67 Å². The Labute approximate surface area is 72.2 Å². The van der Waals surface area contributed by atoms with Gasteiger partial charge in [0.15, 0.2) is 11.6 Å². The number of phenolic OH excluding ortho intramolecular Hbond substituents is 1. The van der Waals surface area contributed by atoms with Crippen LogP contribution in [0.1, 0.15) is 11.7 Å². The fraction of sp³-hybridized carbons (Fsp3) is 0.250. The van der Waals surface area contributed by atoms with Gasteiger partial charge in [-0.1, -0.05) is 0 Å². The monoisotopic (exact) mass is 192 g/mol. The Hall–Kier alpha value is -1.23. The fourth-order valence-corrected chi connectivity index (χ4v) is 0.923. The Kier molecular flexibility index (Phi) is 2.77. The Morgan fingerprint density at radius 1 is 1.31 bits per heavy atom. The van der Waals surface area contributed by atoms with Crippen molar-refractivity contribution < 1.29 is 23.4 Å². The fourth-order valence-electron chi connectivity index (χ4n) is 0.923. The number of hydrogen-bond acceptors (Lipinski definition) is 2. The molecule has 1 aromatic rings. The van der Waals surface area contributed by atoms with E-state index in [9.17, 15) is 13.2 Å². The second kappa shape index (κ2) is 3.66. The maximum absolute atomic E-state index is 12.6. The Morgan fingerprint density at radius 2 is 1.92 bits per heavy atom. The number of phenols is 1. The molecule has 0 saturated heterocycles. The minimum absolute atomic E-state index is 0.448. The number of aliphatic hydroxyl groups excluding tert-OH is 1. The Balaban J connectivity index is 3.20. The molecule has 1 unspecified atom stereocenters. The molecule has 0 aromatic heterocycles. The number of alkyl halides is 1. The van der Waals surface area contributed by atoms with Gasteiger partial charge in [-0.15, -0.1) is 0 Å². The molecular weight excluding hydrogens is 185 g/mol. The topological polar surface area (TPSA) is 40.5 Å². The lowest BCUT2D eigenvalue weighted by Crippen LogP contribution is -2.01. The van der Waals surface area contributed by atoms with Crippen LogP contribution in [0, 0.1) is 11.6 Å². The van der Waals surface area contributed by atoms with Gasteiger partial charge in [0.2, 0.25) is 0 Å². The summed E-state index contributed by atoms with van der Waals surface area (Å²) in [6.45, 7) is -1.21. The van der Waals surface area contributed by atoms with E-state index in [1.165, 1.54) is 0 Å². The van der Waals surface area contributed by atoms with E-state index in [4.69, 9.17) is 10.2 Å². The molecule has 0 amide bonds. The van der Waals surface area contributed by atoms with Gasteiger partial charge < -0.3 is 10.2 Å². The van der Waals surface area contributed by atoms with Gasteiger partial charge in [0, 0.05) is 11.6 Å². The van der Waals surface area contributed by atoms with Crippen molar-refractivity contribution >= 4 is 0 Å². The molecule has 1 aromatic carbocycles. The molecule has 0 heterocycles. The van der Waals surface area contributed by atoms with Crippen LogP contribution in [0.15, 0.2) is 12.1 Å². The van der Waals surface area contributed by atoms with Gasteiger partial charge >= 0.3 is 0 Å². The van der Waals surface area contributed by atoms with Gasteiger partial charge in [0.25, 0.3) is 0 Å². The lowest BCUT2D eigenvalue weighted by atomic mass is 10.1. The minimum Gasteiger partial charge on any atom is -0.505 e. The molecule has 0 aliphatic heterocycles. The van der Waals surface area contributed by atoms with Crippen molar-refractivity contribution in [1.29, 1.82) is 0 Å². The first-order valence-electron chi connectivity index (χ1n) is 3.48. The zero-order valence-electron chi connectivity index (χ0n) is 6.47. The molecule has 0 saturated carbocycles. The molecule has 0 fully saturated rings. The lowest BCUT2D eigenvalue weighted by Gasteiger charge is -2.09. The molecule has 5 heteroatoms. The lowest BCUT2D eigenvalue weighted by molar-refractivity contribution is 0.137. The van der Waals surface area contributed by atoms with Crippen LogP contribution in [0.2, 0.25) is 0 Å². The SMILES string of the molecule is Oc1c(F)cc(F)cc1C(O)CF. The molecule has 1 atom stereocenters. The van der Waals surface area contributed by atoms with Crippen LogP contribution in [0.3, 0.4) is 0 Å². The highest BCUT2D eigenvalue weighted by Crippen LogP contribution is 2.28. The molecule has 0 aliphatic rings. The van der Waals surface area contributed by atoms with Crippen molar-refractivity contribution in [3.63, 3.8) is 0 Å². The van der Waals surface area contributed by atoms with Crippen LogP contribution in [0.5, 0.6) is 5.75 Å². The summed E-state index contributed by atoms with van der Waals surface area (Å²) in [5.74, 6) is -3.12. The van der Waals surface area contributed by atoms with Crippen LogP contribution in [-0.2, 0) is 0 Å². The van der Waals surface area contributed by atoms with E-state index in [0.717, 1.165) is 0 Å². The zero-order chi connectivity index (χ0) is 10.0. The summed E-state index contributed by atoms with van der Waals surface area (Å²) in [4.78, 5) is 0. The standard InChI is InChI=1S/C8H7F3O2/c9-3-7(12)5-1-4(10)2-6(11)8(5)13/h1-2,7,12-13H,3H2. The van der Waals surface area contributed by atoms with Crippen molar-refractivity contribution in [3.8, 4) is 5.75 Å². The quantitative estimate of drug-likeness (QED) is 0.748. The van der Waals surface area contributed by atoms with Gasteiger partial charge in [-0.3, -0.25) is 0 Å². The predicted octanol–water partition coefficient (Wildman–Crippen LogP) is 1.67. The number of aliphatic hydroxyl groups is 1. The predicted molar refractivity (Wildman–Crippen MR) is 39.0 cm³/mol. The average Bonchev–Trinajstić information content (AvgIpc) is 2.10. The van der Waals surface area contributed by atoms with Gasteiger partial charge in [-0.25, -0.2) is 13.2 Å². The summed E-state index contributed by atoms with van der Waals surface area (Å²) in [6, 6.07) is 1.13. The second-order valence-corrected chi connectivity index (χ2v) is 2.50. The summed E-state index contributed by atoms with van der Waals surface area (Å²) < 4.78 is 37.0. The maximum Gasteiger partial charge on any atom is 0.168 e. The van der Waals surface area contributed by atoms with Crippen LogP contribution < -0.4 is 0 Å². The number of hydrogen-bond donors (Lipinski definition) is 2. The molecule has 72 valence electrons. The van der Waals surface area contributed by atoms with Crippen molar-refractivity contribution in [3.05, 3.63) is 29.3 Å². The maximum atomic E-state index is 12.6. The smallest absolute Gasteiger partial charge is 0.168 e. The summed E-state index contributed by atoms with van der Waals surface area (Å²) in [6.07, 6.45) is -1.70. The molecule has 0 bridgehead atoms. The first-order chi connectivity index (χ1) is 6.06. The second-order valence-electron chi connectivity index (χ2n) is 2.50. The van der Waals surface area contributed by atoms with Crippen LogP contribution in [-0.4, -0.2) is 16.9 Å². The molecule has 0 aliphatic carbocycles. The number of rotatable bonds is 2. The number of aromatic hydroxyl groups is 1. The highest BCUT2D eigenvalue weighted by Gasteiger charge is 2.16. The van der Waals surface area contributed by atoms with Crippen LogP contribution in [0.4, 0.5) is 13.2 Å². The third-order valence-corrected chi connectivity index (χ3v) is 1.56. The molecule has 1 rings (SSSR count). The summed E-state index contributed by atoms with van der Waals surface area (Å²) >= 11 is 0. The molecule has 13 heavy (non-hydrogen) atoms. The van der Waals surface area contributed by atoms with E-state index in [0.29, 0.717) is 12.1 Å². The van der Waals surface area contributed by atoms with E-state index in [-0.39, 0.29) is 0 Å². The highest BCUT2D eigenvalue weighted by atomic mass is 19.1. The zero-order valence-corrected chi connectivity index (χ0v) is 6.47. The molecule has 0 radical (unpaired) electrons. The van der Waals surface area contributed by atoms with E-state index < -0.39 is 35.7 Å². The first kappa shape index (κ1) is 9.85. The van der Waals surface area contributed by atoms with Crippen LogP contribution >= 0.6 is 0 Å². The summed E-state index contributed by atoms with van der Waals surface area (Å²) in [7, 11) is 0. The van der Waals surface area contributed by atoms with Gasteiger partial charge in [-0.05, 0) is 6.07 Å². The normalized spacial score (nSPS) is 12.9. The molecule has 0 spiro atoms. The number of benzene rings is 1. The first-order valence-corrected chi connectivity index (χ1v) is 3.48. The summed E-state index contributed by atoms with van der Waals surface area (Å²) in [5, 5.41) is 17.8. The van der Waals surface area contributed by atoms with Gasteiger partial charge in [0.1, 0.15) is 18.6 Å². The molecule has 2 N–H and O–H groups in total. The molecule has 2 nitrogen and oxygen atoms in total. The van der Waals surface area contributed by atoms with E-state index >= 15 is 0 Å². The highest BCUT2D eigenvalue weighted by molar-refractivity contribution is 5.35. The van der Waals surface area contributed by atoms with Gasteiger partial charge in [-0.2, -0.15) is 0 Å². The van der Waals surface area contributed by atoms with Crippen molar-refractivity contribution in [1.82, 2.24) is 0 Å². The summed E-state index contributed by atoms with van der Waals surface area (Å²) in [5.41, 5.74) is -0.486. The van der Waals surface area contributed by atoms with E-state index in [1.807, 2.05) is 0 Å². The minimum atomic E-state index is -1.70. The third kappa shape index (κ3) is 1.92. The largest absolute Gasteiger partial charge is 0.505 e. The van der Waals surface area contributed by atoms with Gasteiger partial charge in [0.05, 0.1) is 0 Å². The van der Waals surface area contributed by atoms with Crippen molar-refractivity contribution in [2.45, 2.75) is 6.10 Å². The van der Waals surface area contributed by atoms with Crippen molar-refractivity contribution in [2.24, 2.45) is 0 Å².